The van der Waals surface area contributed by atoms with Gasteiger partial charge in [0.25, 0.3) is 0 Å². The maximum atomic E-state index is 5.45. The summed E-state index contributed by atoms with van der Waals surface area (Å²) >= 11 is 0. The molecule has 1 aromatic carbocycles. The molecule has 13 heavy (non-hydrogen) atoms. The van der Waals surface area contributed by atoms with Gasteiger partial charge in [-0.25, -0.2) is 4.68 Å². The van der Waals surface area contributed by atoms with Gasteiger partial charge >= 0.3 is 0 Å². The molecule has 0 bridgehead atoms. The Morgan fingerprint density at radius 3 is 2.46 bits per heavy atom. The third kappa shape index (κ3) is 1.51. The van der Waals surface area contributed by atoms with Crippen LogP contribution in [0.2, 0.25) is 0 Å². The zero-order valence-electron chi connectivity index (χ0n) is 7.31. The summed E-state index contributed by atoms with van der Waals surface area (Å²) in [7, 11) is 0. The van der Waals surface area contributed by atoms with Gasteiger partial charge < -0.3 is 5.73 Å². The molecule has 0 fully saturated rings. The van der Waals surface area contributed by atoms with Crippen molar-refractivity contribution in [1.82, 2.24) is 15.0 Å². The topological polar surface area (TPSA) is 56.7 Å². The van der Waals surface area contributed by atoms with E-state index in [0.717, 1.165) is 5.69 Å². The molecule has 0 unspecified atom stereocenters. The van der Waals surface area contributed by atoms with Gasteiger partial charge in [0, 0.05) is 0 Å². The third-order valence-corrected chi connectivity index (χ3v) is 1.81. The molecule has 66 valence electrons. The van der Waals surface area contributed by atoms with Gasteiger partial charge in [0.1, 0.15) is 0 Å². The minimum atomic E-state index is 0.431. The molecular formula is C9H10N4. The van der Waals surface area contributed by atoms with Crippen molar-refractivity contribution in [2.75, 3.05) is 5.73 Å². The first-order valence-electron chi connectivity index (χ1n) is 4.00. The Hall–Kier alpha value is -1.84. The summed E-state index contributed by atoms with van der Waals surface area (Å²) in [5.41, 5.74) is 7.64. The first-order valence-corrected chi connectivity index (χ1v) is 4.00. The van der Waals surface area contributed by atoms with E-state index in [1.807, 2.05) is 31.2 Å². The maximum absolute atomic E-state index is 5.45. The Bertz CT molecular complexity index is 402. The number of anilines is 1. The quantitative estimate of drug-likeness (QED) is 0.705. The van der Waals surface area contributed by atoms with Gasteiger partial charge in [-0.1, -0.05) is 22.9 Å². The predicted molar refractivity (Wildman–Crippen MR) is 50.5 cm³/mol. The lowest BCUT2D eigenvalue weighted by Gasteiger charge is -1.98. The van der Waals surface area contributed by atoms with Crippen molar-refractivity contribution in [2.45, 2.75) is 6.92 Å². The van der Waals surface area contributed by atoms with E-state index in [1.54, 1.807) is 10.9 Å². The van der Waals surface area contributed by atoms with E-state index in [2.05, 4.69) is 10.3 Å². The highest BCUT2D eigenvalue weighted by Crippen LogP contribution is 2.08. The van der Waals surface area contributed by atoms with Crippen molar-refractivity contribution in [2.24, 2.45) is 0 Å². The molecule has 1 heterocycles. The second-order valence-electron chi connectivity index (χ2n) is 2.92. The molecule has 4 heteroatoms. The average Bonchev–Trinajstić information content (AvgIpc) is 2.53. The smallest absolute Gasteiger partial charge is 0.166 e. The van der Waals surface area contributed by atoms with Crippen LogP contribution in [-0.4, -0.2) is 15.0 Å². The van der Waals surface area contributed by atoms with E-state index >= 15 is 0 Å². The van der Waals surface area contributed by atoms with Gasteiger partial charge in [-0.05, 0) is 19.1 Å². The van der Waals surface area contributed by atoms with Crippen molar-refractivity contribution in [1.29, 1.82) is 0 Å². The van der Waals surface area contributed by atoms with Gasteiger partial charge in [-0.3, -0.25) is 0 Å². The number of nitrogens with zero attached hydrogens (tertiary/aromatic N) is 3. The van der Waals surface area contributed by atoms with E-state index in [-0.39, 0.29) is 0 Å². The van der Waals surface area contributed by atoms with Gasteiger partial charge in [0.2, 0.25) is 0 Å². The molecule has 0 spiro atoms. The highest BCUT2D eigenvalue weighted by molar-refractivity contribution is 5.35. The van der Waals surface area contributed by atoms with Crippen LogP contribution in [-0.2, 0) is 0 Å². The monoisotopic (exact) mass is 174 g/mol. The van der Waals surface area contributed by atoms with Crippen LogP contribution in [0, 0.1) is 6.92 Å². The fourth-order valence-electron chi connectivity index (χ4n) is 1.10. The molecule has 0 aliphatic heterocycles. The van der Waals surface area contributed by atoms with Gasteiger partial charge in [0.05, 0.1) is 11.9 Å². The molecule has 0 amide bonds. The Labute approximate surface area is 76.0 Å². The molecule has 0 radical (unpaired) electrons. The molecular weight excluding hydrogens is 164 g/mol. The first kappa shape index (κ1) is 7.79. The van der Waals surface area contributed by atoms with Crippen LogP contribution in [0.25, 0.3) is 5.69 Å². The Morgan fingerprint density at radius 2 is 1.92 bits per heavy atom. The zero-order chi connectivity index (χ0) is 9.26. The molecule has 2 aromatic rings. The summed E-state index contributed by atoms with van der Waals surface area (Å²) in [6.45, 7) is 2.04. The number of benzene rings is 1. The van der Waals surface area contributed by atoms with Crippen LogP contribution in [0.5, 0.6) is 0 Å². The number of hydrogen-bond acceptors (Lipinski definition) is 3. The van der Waals surface area contributed by atoms with Crippen LogP contribution in [0.4, 0.5) is 5.82 Å². The van der Waals surface area contributed by atoms with E-state index in [4.69, 9.17) is 5.73 Å². The lowest BCUT2D eigenvalue weighted by molar-refractivity contribution is 0.804. The summed E-state index contributed by atoms with van der Waals surface area (Å²) in [6, 6.07) is 7.99. The Balaban J connectivity index is 2.41. The minimum Gasteiger partial charge on any atom is -0.381 e. The summed E-state index contributed by atoms with van der Waals surface area (Å²) in [4.78, 5) is 0. The SMILES string of the molecule is Cc1ccc(-n2cc(N)nn2)cc1. The number of rotatable bonds is 1. The van der Waals surface area contributed by atoms with Crippen LogP contribution in [0.15, 0.2) is 30.5 Å². The van der Waals surface area contributed by atoms with E-state index in [0.29, 0.717) is 5.82 Å². The second kappa shape index (κ2) is 2.90. The Morgan fingerprint density at radius 1 is 1.23 bits per heavy atom. The standard InChI is InChI=1S/C9H10N4/c1-7-2-4-8(5-3-7)13-6-9(10)11-12-13/h2-6H,10H2,1H3. The van der Waals surface area contributed by atoms with Crippen molar-refractivity contribution in [3.63, 3.8) is 0 Å². The van der Waals surface area contributed by atoms with Crippen molar-refractivity contribution >= 4 is 5.82 Å². The van der Waals surface area contributed by atoms with Crippen LogP contribution < -0.4 is 5.73 Å². The number of aryl methyl sites for hydroxylation is 1. The zero-order valence-corrected chi connectivity index (χ0v) is 7.31. The normalized spacial score (nSPS) is 10.2. The van der Waals surface area contributed by atoms with E-state index in [9.17, 15) is 0 Å². The number of nitrogens with two attached hydrogens (primary N) is 1. The van der Waals surface area contributed by atoms with E-state index < -0.39 is 0 Å². The largest absolute Gasteiger partial charge is 0.381 e. The van der Waals surface area contributed by atoms with Crippen molar-refractivity contribution in [3.05, 3.63) is 36.0 Å². The molecule has 0 atom stereocenters. The van der Waals surface area contributed by atoms with Crippen LogP contribution in [0.3, 0.4) is 0 Å². The molecule has 4 nitrogen and oxygen atoms in total. The molecule has 2 N–H and O–H groups in total. The van der Waals surface area contributed by atoms with Gasteiger partial charge in [-0.2, -0.15) is 0 Å². The highest BCUT2D eigenvalue weighted by Gasteiger charge is 1.97. The van der Waals surface area contributed by atoms with Crippen LogP contribution in [0.1, 0.15) is 5.56 Å². The number of nitrogen functional groups attached to an aromatic ring is 1. The van der Waals surface area contributed by atoms with Crippen molar-refractivity contribution in [3.8, 4) is 5.69 Å². The van der Waals surface area contributed by atoms with Crippen molar-refractivity contribution < 1.29 is 0 Å². The molecule has 0 aliphatic rings. The lowest BCUT2D eigenvalue weighted by Crippen LogP contribution is -1.94. The summed E-state index contributed by atoms with van der Waals surface area (Å²) in [5, 5.41) is 7.56. The predicted octanol–water partition coefficient (Wildman–Crippen LogP) is 1.16. The number of hydrogen-bond donors (Lipinski definition) is 1. The molecule has 0 saturated heterocycles. The maximum Gasteiger partial charge on any atom is 0.166 e. The summed E-state index contributed by atoms with van der Waals surface area (Å²) in [6.07, 6.45) is 1.69. The Kier molecular flexibility index (Phi) is 1.73. The summed E-state index contributed by atoms with van der Waals surface area (Å²) in [5.74, 6) is 0.431. The van der Waals surface area contributed by atoms with Gasteiger partial charge in [-0.15, -0.1) is 5.10 Å². The lowest BCUT2D eigenvalue weighted by atomic mass is 10.2. The molecule has 1 aromatic heterocycles. The minimum absolute atomic E-state index is 0.431. The third-order valence-electron chi connectivity index (χ3n) is 1.81. The molecule has 2 rings (SSSR count). The fraction of sp³-hybridized carbons (Fsp3) is 0.111. The second-order valence-corrected chi connectivity index (χ2v) is 2.92. The first-order chi connectivity index (χ1) is 6.25. The van der Waals surface area contributed by atoms with Crippen LogP contribution >= 0.6 is 0 Å². The highest BCUT2D eigenvalue weighted by atomic mass is 15.4. The number of aromatic nitrogens is 3. The summed E-state index contributed by atoms with van der Waals surface area (Å²) < 4.78 is 1.65. The fourth-order valence-corrected chi connectivity index (χ4v) is 1.10. The molecule has 0 aliphatic carbocycles. The average molecular weight is 174 g/mol. The molecule has 0 saturated carbocycles. The van der Waals surface area contributed by atoms with E-state index in [1.165, 1.54) is 5.56 Å². The van der Waals surface area contributed by atoms with Gasteiger partial charge in [0.15, 0.2) is 5.82 Å².